The van der Waals surface area contributed by atoms with Gasteiger partial charge in [0, 0.05) is 17.1 Å². The number of aromatic nitrogens is 1. The van der Waals surface area contributed by atoms with Crippen LogP contribution in [0.15, 0.2) is 66.4 Å². The Kier molecular flexibility index (Phi) is 6.42. The van der Waals surface area contributed by atoms with Crippen LogP contribution in [0.5, 0.6) is 17.2 Å². The second-order valence-electron chi connectivity index (χ2n) is 6.14. The predicted molar refractivity (Wildman–Crippen MR) is 112 cm³/mol. The minimum atomic E-state index is -0.411. The fourth-order valence-electron chi connectivity index (χ4n) is 2.78. The van der Waals surface area contributed by atoms with E-state index in [1.165, 1.54) is 13.3 Å². The number of para-hydroxylation sites is 1. The van der Waals surface area contributed by atoms with Crippen molar-refractivity contribution in [3.8, 4) is 17.2 Å². The third-order valence-electron chi connectivity index (χ3n) is 4.12. The average molecular weight is 391 g/mol. The van der Waals surface area contributed by atoms with Crippen LogP contribution in [0.2, 0.25) is 0 Å². The molecule has 0 unspecified atom stereocenters. The van der Waals surface area contributed by atoms with Gasteiger partial charge in [0.15, 0.2) is 18.1 Å². The summed E-state index contributed by atoms with van der Waals surface area (Å²) < 4.78 is 10.7. The number of fused-ring (bicyclic) bond motifs is 1. The van der Waals surface area contributed by atoms with Crippen molar-refractivity contribution < 1.29 is 19.4 Å². The number of hydrogen-bond donors (Lipinski definition) is 2. The van der Waals surface area contributed by atoms with Crippen LogP contribution in [-0.4, -0.2) is 35.9 Å². The number of hydrazone groups is 1. The van der Waals surface area contributed by atoms with Gasteiger partial charge < -0.3 is 14.6 Å². The number of amides is 1. The third-order valence-corrected chi connectivity index (χ3v) is 4.12. The summed E-state index contributed by atoms with van der Waals surface area (Å²) in [4.78, 5) is 16.3. The van der Waals surface area contributed by atoms with E-state index in [1.807, 2.05) is 24.3 Å². The Morgan fingerprint density at radius 3 is 2.90 bits per heavy atom. The Morgan fingerprint density at radius 2 is 2.10 bits per heavy atom. The molecule has 2 N–H and O–H groups in total. The molecule has 0 bridgehead atoms. The number of ether oxygens (including phenoxy) is 2. The number of aromatic hydroxyl groups is 1. The molecule has 0 radical (unpaired) electrons. The van der Waals surface area contributed by atoms with Crippen LogP contribution in [0.4, 0.5) is 0 Å². The summed E-state index contributed by atoms with van der Waals surface area (Å²) >= 11 is 0. The first kappa shape index (κ1) is 19.9. The van der Waals surface area contributed by atoms with E-state index in [2.05, 4.69) is 22.1 Å². The largest absolute Gasteiger partial charge is 0.504 e. The van der Waals surface area contributed by atoms with Gasteiger partial charge in [0.2, 0.25) is 0 Å². The van der Waals surface area contributed by atoms with Crippen molar-refractivity contribution in [3.05, 3.63) is 72.4 Å². The smallest absolute Gasteiger partial charge is 0.277 e. The van der Waals surface area contributed by atoms with Gasteiger partial charge in [0.25, 0.3) is 5.91 Å². The van der Waals surface area contributed by atoms with Crippen LogP contribution >= 0.6 is 0 Å². The molecule has 0 aliphatic rings. The first-order valence-corrected chi connectivity index (χ1v) is 8.91. The number of rotatable bonds is 8. The highest BCUT2D eigenvalue weighted by molar-refractivity contribution is 5.86. The zero-order valence-electron chi connectivity index (χ0n) is 16.0. The lowest BCUT2D eigenvalue weighted by Gasteiger charge is -2.09. The van der Waals surface area contributed by atoms with Crippen molar-refractivity contribution in [3.63, 3.8) is 0 Å². The maximum Gasteiger partial charge on any atom is 0.277 e. The number of phenolic OH excluding ortho intramolecular Hbond substituents is 1. The summed E-state index contributed by atoms with van der Waals surface area (Å²) in [5, 5.41) is 15.0. The summed E-state index contributed by atoms with van der Waals surface area (Å²) in [5.74, 6) is 0.500. The van der Waals surface area contributed by atoms with Gasteiger partial charge in [-0.05, 0) is 36.2 Å². The van der Waals surface area contributed by atoms with Gasteiger partial charge in [-0.1, -0.05) is 24.3 Å². The average Bonchev–Trinajstić information content (AvgIpc) is 2.74. The standard InChI is InChI=1S/C22H21N3O4/c1-3-6-17-11-15(12-19(28-2)22(17)27)13-24-25-20(26)14-29-18-9-4-7-16-8-5-10-23-21(16)18/h3-5,7-13,27H,1,6,14H2,2H3,(H,25,26)/b24-13+. The van der Waals surface area contributed by atoms with Gasteiger partial charge in [-0.2, -0.15) is 5.10 Å². The molecule has 148 valence electrons. The van der Waals surface area contributed by atoms with Gasteiger partial charge in [0.1, 0.15) is 11.3 Å². The number of hydrogen-bond acceptors (Lipinski definition) is 6. The summed E-state index contributed by atoms with van der Waals surface area (Å²) in [7, 11) is 1.47. The summed E-state index contributed by atoms with van der Waals surface area (Å²) in [6, 6.07) is 12.7. The predicted octanol–water partition coefficient (Wildman–Crippen LogP) is 3.21. The fourth-order valence-corrected chi connectivity index (χ4v) is 2.78. The Bertz CT molecular complexity index is 1060. The zero-order valence-corrected chi connectivity index (χ0v) is 16.0. The summed E-state index contributed by atoms with van der Waals surface area (Å²) in [6.45, 7) is 3.47. The molecule has 1 heterocycles. The number of nitrogens with one attached hydrogen (secondary N) is 1. The second-order valence-corrected chi connectivity index (χ2v) is 6.14. The number of carbonyl (C=O) groups excluding carboxylic acids is 1. The van der Waals surface area contributed by atoms with Crippen molar-refractivity contribution in [1.29, 1.82) is 0 Å². The highest BCUT2D eigenvalue weighted by Gasteiger charge is 2.09. The lowest BCUT2D eigenvalue weighted by atomic mass is 10.1. The fraction of sp³-hybridized carbons (Fsp3) is 0.136. The monoisotopic (exact) mass is 391 g/mol. The van der Waals surface area contributed by atoms with Crippen LogP contribution in [0.3, 0.4) is 0 Å². The molecular formula is C22H21N3O4. The van der Waals surface area contributed by atoms with Crippen LogP contribution in [-0.2, 0) is 11.2 Å². The number of phenols is 1. The Hall–Kier alpha value is -3.87. The highest BCUT2D eigenvalue weighted by atomic mass is 16.5. The molecule has 7 heteroatoms. The van der Waals surface area contributed by atoms with Crippen molar-refractivity contribution in [1.82, 2.24) is 10.4 Å². The number of benzene rings is 2. The first-order valence-electron chi connectivity index (χ1n) is 8.91. The van der Waals surface area contributed by atoms with Crippen LogP contribution < -0.4 is 14.9 Å². The third kappa shape index (κ3) is 4.90. The molecule has 0 aliphatic carbocycles. The molecule has 2 aromatic carbocycles. The Morgan fingerprint density at radius 1 is 1.28 bits per heavy atom. The molecule has 0 saturated heterocycles. The van der Waals surface area contributed by atoms with E-state index in [4.69, 9.17) is 9.47 Å². The van der Waals surface area contributed by atoms with E-state index in [9.17, 15) is 9.90 Å². The van der Waals surface area contributed by atoms with Crippen LogP contribution in [0.25, 0.3) is 10.9 Å². The topological polar surface area (TPSA) is 93.0 Å². The van der Waals surface area contributed by atoms with E-state index in [1.54, 1.807) is 30.5 Å². The zero-order chi connectivity index (χ0) is 20.6. The molecule has 3 rings (SSSR count). The quantitative estimate of drug-likeness (QED) is 0.349. The molecule has 0 saturated carbocycles. The van der Waals surface area contributed by atoms with E-state index in [-0.39, 0.29) is 12.4 Å². The lowest BCUT2D eigenvalue weighted by Crippen LogP contribution is -2.24. The molecular weight excluding hydrogens is 370 g/mol. The normalized spacial score (nSPS) is 10.8. The maximum atomic E-state index is 12.0. The maximum absolute atomic E-state index is 12.0. The minimum absolute atomic E-state index is 0.0608. The Labute approximate surface area is 168 Å². The van der Waals surface area contributed by atoms with Gasteiger partial charge in [0.05, 0.1) is 13.3 Å². The van der Waals surface area contributed by atoms with Gasteiger partial charge in [-0.15, -0.1) is 6.58 Å². The van der Waals surface area contributed by atoms with Gasteiger partial charge >= 0.3 is 0 Å². The molecule has 7 nitrogen and oxygen atoms in total. The van der Waals surface area contributed by atoms with E-state index >= 15 is 0 Å². The minimum Gasteiger partial charge on any atom is -0.504 e. The van der Waals surface area contributed by atoms with Crippen LogP contribution in [0, 0.1) is 0 Å². The number of pyridine rings is 1. The molecule has 0 atom stereocenters. The molecule has 29 heavy (non-hydrogen) atoms. The SMILES string of the molecule is C=CCc1cc(/C=N/NC(=O)COc2cccc3cccnc23)cc(OC)c1O. The Balaban J connectivity index is 1.62. The van der Waals surface area contributed by atoms with Crippen LogP contribution in [0.1, 0.15) is 11.1 Å². The number of methoxy groups -OCH3 is 1. The van der Waals surface area contributed by atoms with E-state index in [0.717, 1.165) is 5.39 Å². The summed E-state index contributed by atoms with van der Waals surface area (Å²) in [5.41, 5.74) is 4.42. The summed E-state index contributed by atoms with van der Waals surface area (Å²) in [6.07, 6.45) is 5.29. The second kappa shape index (κ2) is 9.36. The number of carbonyl (C=O) groups is 1. The molecule has 0 fully saturated rings. The molecule has 3 aromatic rings. The van der Waals surface area contributed by atoms with Crippen molar-refractivity contribution in [2.75, 3.05) is 13.7 Å². The van der Waals surface area contributed by atoms with E-state index < -0.39 is 5.91 Å². The first-order chi connectivity index (χ1) is 14.1. The molecule has 0 aliphatic heterocycles. The van der Waals surface area contributed by atoms with Crippen molar-refractivity contribution in [2.45, 2.75) is 6.42 Å². The lowest BCUT2D eigenvalue weighted by molar-refractivity contribution is -0.123. The van der Waals surface area contributed by atoms with Gasteiger partial charge in [-0.25, -0.2) is 5.43 Å². The molecule has 1 aromatic heterocycles. The van der Waals surface area contributed by atoms with Crippen molar-refractivity contribution in [2.24, 2.45) is 5.10 Å². The van der Waals surface area contributed by atoms with E-state index in [0.29, 0.717) is 34.6 Å². The highest BCUT2D eigenvalue weighted by Crippen LogP contribution is 2.31. The molecule has 1 amide bonds. The molecule has 0 spiro atoms. The van der Waals surface area contributed by atoms with Crippen molar-refractivity contribution >= 4 is 23.0 Å². The number of nitrogens with zero attached hydrogens (tertiary/aromatic N) is 2. The van der Waals surface area contributed by atoms with Gasteiger partial charge in [-0.3, -0.25) is 9.78 Å². The number of allylic oxidation sites excluding steroid dienone is 1.